The molecule has 226 valence electrons. The Hall–Kier alpha value is -3.53. The van der Waals surface area contributed by atoms with E-state index >= 15 is 0 Å². The van der Waals surface area contributed by atoms with Crippen LogP contribution in [0.15, 0.2) is 42.5 Å². The predicted octanol–water partition coefficient (Wildman–Crippen LogP) is 4.01. The van der Waals surface area contributed by atoms with E-state index < -0.39 is 17.6 Å². The Balaban J connectivity index is 0.000000722. The number of aliphatic hydroxyl groups excluding tert-OH is 1. The van der Waals surface area contributed by atoms with Crippen LogP contribution in [0.2, 0.25) is 0 Å². The highest BCUT2D eigenvalue weighted by molar-refractivity contribution is 5.82. The summed E-state index contributed by atoms with van der Waals surface area (Å²) in [5.41, 5.74) is 0.257. The van der Waals surface area contributed by atoms with Gasteiger partial charge in [-0.15, -0.1) is 0 Å². The largest absolute Gasteiger partial charge is 0.416 e. The molecule has 2 aromatic rings. The van der Waals surface area contributed by atoms with Crippen molar-refractivity contribution in [2.45, 2.75) is 44.6 Å². The number of likely N-dealkylation sites (N-methyl/N-ethyl adjacent to an activating group) is 2. The van der Waals surface area contributed by atoms with Gasteiger partial charge in [-0.1, -0.05) is 19.1 Å². The summed E-state index contributed by atoms with van der Waals surface area (Å²) in [5.74, 6) is -0.356. The number of hydrogen-bond acceptors (Lipinski definition) is 7. The normalized spacial score (nSPS) is 17.4. The van der Waals surface area contributed by atoms with Crippen molar-refractivity contribution in [1.29, 1.82) is 5.26 Å². The number of rotatable bonds is 7. The Morgan fingerprint density at radius 3 is 2.12 bits per heavy atom. The number of nitrogens with zero attached hydrogens (tertiary/aromatic N) is 3. The first kappa shape index (κ1) is 35.5. The Kier molecular flexibility index (Phi) is 15.0. The number of alkyl halides is 3. The van der Waals surface area contributed by atoms with E-state index in [-0.39, 0.29) is 36.3 Å². The van der Waals surface area contributed by atoms with Crippen molar-refractivity contribution in [1.82, 2.24) is 10.2 Å². The van der Waals surface area contributed by atoms with Crippen LogP contribution in [0.1, 0.15) is 36.5 Å². The van der Waals surface area contributed by atoms with Gasteiger partial charge in [0.15, 0.2) is 0 Å². The van der Waals surface area contributed by atoms with Gasteiger partial charge >= 0.3 is 6.18 Å². The number of carbonyl (C=O) groups is 2. The van der Waals surface area contributed by atoms with Crippen LogP contribution >= 0.6 is 0 Å². The van der Waals surface area contributed by atoms with E-state index in [0.717, 1.165) is 51.4 Å². The average Bonchev–Trinajstić information content (AvgIpc) is 2.91. The molecule has 8 nitrogen and oxygen atoms in total. The molecular weight excluding hydrogens is 544 g/mol. The van der Waals surface area contributed by atoms with Crippen LogP contribution in [0.25, 0.3) is 0 Å². The van der Waals surface area contributed by atoms with Crippen molar-refractivity contribution in [2.24, 2.45) is 5.92 Å². The highest BCUT2D eigenvalue weighted by Gasteiger charge is 2.34. The molecule has 1 saturated heterocycles. The first-order valence-electron chi connectivity index (χ1n) is 12.9. The molecule has 1 amide bonds. The van der Waals surface area contributed by atoms with Gasteiger partial charge in [0, 0.05) is 26.7 Å². The Morgan fingerprint density at radius 1 is 1.15 bits per heavy atom. The van der Waals surface area contributed by atoms with Crippen molar-refractivity contribution >= 4 is 18.4 Å². The fraction of sp³-hybridized carbons (Fsp3) is 0.483. The van der Waals surface area contributed by atoms with E-state index in [4.69, 9.17) is 19.9 Å². The maximum Gasteiger partial charge on any atom is 0.416 e. The molecule has 0 unspecified atom stereocenters. The molecule has 2 N–H and O–H groups in total. The molecular formula is C29H38F4N4O4. The Labute approximate surface area is 238 Å². The summed E-state index contributed by atoms with van der Waals surface area (Å²) in [7, 11) is 4.54. The molecule has 2 fully saturated rings. The SMILES string of the molecule is C=O.CC1CC(N(Cc2ccc(C(F)(F)F)cc2)C(=O)CN(C)c2ccc(C#N)cc2F)C1.CNC1COC1.CO. The van der Waals surface area contributed by atoms with Crippen molar-refractivity contribution in [3.05, 3.63) is 65.0 Å². The molecule has 0 aromatic heterocycles. The summed E-state index contributed by atoms with van der Waals surface area (Å²) in [6.45, 7) is 5.98. The van der Waals surface area contributed by atoms with E-state index in [0.29, 0.717) is 17.5 Å². The van der Waals surface area contributed by atoms with Gasteiger partial charge in [-0.3, -0.25) is 4.79 Å². The zero-order valence-corrected chi connectivity index (χ0v) is 23.7. The average molecular weight is 583 g/mol. The Bertz CT molecular complexity index is 1110. The minimum Gasteiger partial charge on any atom is -0.400 e. The standard InChI is InChI=1S/C23H23F4N3O.C4H9NO.CH4O.CH2O/c1-15-9-19(10-15)30(13-16-3-6-18(7-4-16)23(25,26)27)22(31)14-29(2)21-8-5-17(12-28)11-20(21)24;1-5-4-2-6-3-4;2*1-2/h3-8,11,15,19H,9-10,13-14H2,1-2H3;4-5H,2-3H2,1H3;2H,1H3;1H2. The predicted molar refractivity (Wildman–Crippen MR) is 147 cm³/mol. The number of nitriles is 1. The minimum atomic E-state index is -4.41. The third-order valence-corrected chi connectivity index (χ3v) is 6.65. The molecule has 12 heteroatoms. The Morgan fingerprint density at radius 2 is 1.73 bits per heavy atom. The highest BCUT2D eigenvalue weighted by Crippen LogP contribution is 2.33. The van der Waals surface area contributed by atoms with Crippen molar-refractivity contribution in [3.63, 3.8) is 0 Å². The molecule has 1 heterocycles. The highest BCUT2D eigenvalue weighted by atomic mass is 19.4. The molecule has 0 bridgehead atoms. The number of amides is 1. The summed E-state index contributed by atoms with van der Waals surface area (Å²) in [6, 6.07) is 11.4. The number of halogens is 4. The van der Waals surface area contributed by atoms with Crippen LogP contribution < -0.4 is 10.2 Å². The lowest BCUT2D eigenvalue weighted by Crippen LogP contribution is -2.49. The second-order valence-corrected chi connectivity index (χ2v) is 9.60. The molecule has 0 atom stereocenters. The first-order valence-corrected chi connectivity index (χ1v) is 12.9. The number of aliphatic hydroxyl groups is 1. The van der Waals surface area contributed by atoms with E-state index in [9.17, 15) is 22.4 Å². The van der Waals surface area contributed by atoms with Crippen LogP contribution in [0.4, 0.5) is 23.2 Å². The molecule has 0 radical (unpaired) electrons. The number of nitrogens with one attached hydrogen (secondary N) is 1. The van der Waals surface area contributed by atoms with Crippen molar-refractivity contribution in [3.8, 4) is 6.07 Å². The van der Waals surface area contributed by atoms with Gasteiger partial charge in [0.2, 0.25) is 5.91 Å². The molecule has 4 rings (SSSR count). The lowest BCUT2D eigenvalue weighted by Gasteiger charge is -2.42. The van der Waals surface area contributed by atoms with Crippen LogP contribution in [-0.4, -0.2) is 75.8 Å². The maximum atomic E-state index is 14.3. The molecule has 2 aliphatic rings. The third kappa shape index (κ3) is 10.8. The van der Waals surface area contributed by atoms with E-state index in [1.807, 2.05) is 19.9 Å². The fourth-order valence-corrected chi connectivity index (χ4v) is 4.20. The molecule has 0 spiro atoms. The second-order valence-electron chi connectivity index (χ2n) is 9.60. The monoisotopic (exact) mass is 582 g/mol. The summed E-state index contributed by atoms with van der Waals surface area (Å²) in [5, 5.41) is 19.0. The number of anilines is 1. The first-order chi connectivity index (χ1) is 19.5. The summed E-state index contributed by atoms with van der Waals surface area (Å²) in [4.78, 5) is 24.2. The van der Waals surface area contributed by atoms with Gasteiger partial charge < -0.3 is 29.8 Å². The van der Waals surface area contributed by atoms with E-state index in [1.54, 1.807) is 11.9 Å². The quantitative estimate of drug-likeness (QED) is 0.476. The van der Waals surface area contributed by atoms with Gasteiger partial charge in [0.05, 0.1) is 48.7 Å². The van der Waals surface area contributed by atoms with Crippen LogP contribution in [0.3, 0.4) is 0 Å². The van der Waals surface area contributed by atoms with E-state index in [1.165, 1.54) is 29.2 Å². The van der Waals surface area contributed by atoms with Gasteiger partial charge in [0.1, 0.15) is 12.6 Å². The number of hydrogen-bond donors (Lipinski definition) is 2. The lowest BCUT2D eigenvalue weighted by atomic mass is 9.80. The van der Waals surface area contributed by atoms with Gasteiger partial charge in [0.25, 0.3) is 0 Å². The van der Waals surface area contributed by atoms with Crippen molar-refractivity contribution < 1.29 is 37.0 Å². The minimum absolute atomic E-state index is 0.00371. The smallest absolute Gasteiger partial charge is 0.400 e. The number of benzene rings is 2. The zero-order chi connectivity index (χ0) is 31.2. The third-order valence-electron chi connectivity index (χ3n) is 6.65. The molecule has 1 aliphatic heterocycles. The maximum absolute atomic E-state index is 14.3. The topological polar surface area (TPSA) is 106 Å². The molecule has 1 aliphatic carbocycles. The van der Waals surface area contributed by atoms with Crippen LogP contribution in [0.5, 0.6) is 0 Å². The van der Waals surface area contributed by atoms with Gasteiger partial charge in [-0.05, 0) is 61.7 Å². The molecule has 41 heavy (non-hydrogen) atoms. The number of carbonyl (C=O) groups excluding carboxylic acids is 2. The zero-order valence-electron chi connectivity index (χ0n) is 23.7. The van der Waals surface area contributed by atoms with Crippen molar-refractivity contribution in [2.75, 3.05) is 45.9 Å². The summed E-state index contributed by atoms with van der Waals surface area (Å²) in [6.07, 6.45) is -2.77. The number of ether oxygens (including phenoxy) is 1. The molecule has 2 aromatic carbocycles. The van der Waals surface area contributed by atoms with Gasteiger partial charge in [-0.2, -0.15) is 18.4 Å². The van der Waals surface area contributed by atoms with Gasteiger partial charge in [-0.25, -0.2) is 4.39 Å². The van der Waals surface area contributed by atoms with E-state index in [2.05, 4.69) is 12.2 Å². The fourth-order valence-electron chi connectivity index (χ4n) is 4.20. The lowest BCUT2D eigenvalue weighted by molar-refractivity contribution is -0.138. The van der Waals surface area contributed by atoms with Crippen LogP contribution in [-0.2, 0) is 27.0 Å². The second kappa shape index (κ2) is 17.3. The summed E-state index contributed by atoms with van der Waals surface area (Å²) >= 11 is 0. The molecule has 1 saturated carbocycles. The van der Waals surface area contributed by atoms with Crippen LogP contribution in [0, 0.1) is 23.1 Å². The summed E-state index contributed by atoms with van der Waals surface area (Å²) < 4.78 is 57.6.